The maximum atomic E-state index is 11.0. The number of ether oxygens (including phenoxy) is 1. The molecule has 0 bridgehead atoms. The summed E-state index contributed by atoms with van der Waals surface area (Å²) >= 11 is 0. The highest BCUT2D eigenvalue weighted by molar-refractivity contribution is 5.90. The second-order valence-corrected chi connectivity index (χ2v) is 8.01. The van der Waals surface area contributed by atoms with Gasteiger partial charge in [-0.15, -0.1) is 0 Å². The molecule has 0 aliphatic heterocycles. The molecule has 0 heterocycles. The molecule has 4 nitrogen and oxygen atoms in total. The Labute approximate surface area is 171 Å². The largest absolute Gasteiger partial charge is 0.493 e. The Bertz CT molecular complexity index is 1020. The van der Waals surface area contributed by atoms with Crippen LogP contribution in [0.1, 0.15) is 37.7 Å². The molecule has 150 valence electrons. The van der Waals surface area contributed by atoms with Crippen LogP contribution in [0.2, 0.25) is 0 Å². The van der Waals surface area contributed by atoms with Gasteiger partial charge in [0.1, 0.15) is 5.75 Å². The van der Waals surface area contributed by atoms with Gasteiger partial charge in [0.2, 0.25) is 0 Å². The van der Waals surface area contributed by atoms with Gasteiger partial charge >= 0.3 is 5.97 Å². The van der Waals surface area contributed by atoms with Crippen molar-refractivity contribution in [2.75, 3.05) is 12.3 Å². The molecular formula is C25H27NO3. The van der Waals surface area contributed by atoms with Gasteiger partial charge in [-0.3, -0.25) is 4.79 Å². The summed E-state index contributed by atoms with van der Waals surface area (Å²) in [4.78, 5) is 11.0. The van der Waals surface area contributed by atoms with Crippen LogP contribution in [0.25, 0.3) is 21.9 Å². The molecule has 1 fully saturated rings. The van der Waals surface area contributed by atoms with Crippen molar-refractivity contribution >= 4 is 22.4 Å². The number of nitrogen functional groups attached to an aromatic ring is 1. The van der Waals surface area contributed by atoms with Gasteiger partial charge in [-0.25, -0.2) is 0 Å². The van der Waals surface area contributed by atoms with Gasteiger partial charge < -0.3 is 15.6 Å². The summed E-state index contributed by atoms with van der Waals surface area (Å²) in [5.74, 6) is 0.719. The van der Waals surface area contributed by atoms with Gasteiger partial charge in [-0.1, -0.05) is 37.1 Å². The minimum atomic E-state index is -0.781. The smallest absolute Gasteiger partial charge is 0.303 e. The second-order valence-electron chi connectivity index (χ2n) is 8.01. The summed E-state index contributed by atoms with van der Waals surface area (Å²) in [6.45, 7) is 0.742. The van der Waals surface area contributed by atoms with Crippen molar-refractivity contribution in [2.24, 2.45) is 5.92 Å². The first-order valence-electron chi connectivity index (χ1n) is 10.4. The number of hydrogen-bond acceptors (Lipinski definition) is 3. The number of fused-ring (bicyclic) bond motifs is 1. The van der Waals surface area contributed by atoms with E-state index in [9.17, 15) is 4.79 Å². The summed E-state index contributed by atoms with van der Waals surface area (Å²) in [5, 5.41) is 11.2. The Morgan fingerprint density at radius 1 is 1.00 bits per heavy atom. The van der Waals surface area contributed by atoms with Crippen LogP contribution >= 0.6 is 0 Å². The summed E-state index contributed by atoms with van der Waals surface area (Å²) in [6.07, 6.45) is 5.70. The van der Waals surface area contributed by atoms with Crippen LogP contribution in [0.5, 0.6) is 5.75 Å². The molecular weight excluding hydrogens is 362 g/mol. The Kier molecular flexibility index (Phi) is 5.70. The van der Waals surface area contributed by atoms with E-state index in [2.05, 4.69) is 24.3 Å². The fraction of sp³-hybridized carbons (Fsp3) is 0.320. The Hall–Kier alpha value is -3.01. The van der Waals surface area contributed by atoms with E-state index < -0.39 is 5.97 Å². The maximum Gasteiger partial charge on any atom is 0.303 e. The van der Waals surface area contributed by atoms with Crippen LogP contribution in [0.3, 0.4) is 0 Å². The van der Waals surface area contributed by atoms with Crippen LogP contribution < -0.4 is 10.5 Å². The zero-order chi connectivity index (χ0) is 20.2. The van der Waals surface area contributed by atoms with E-state index in [1.54, 1.807) is 0 Å². The highest BCUT2D eigenvalue weighted by Gasteiger charge is 2.17. The highest BCUT2D eigenvalue weighted by atomic mass is 16.5. The zero-order valence-electron chi connectivity index (χ0n) is 16.6. The predicted molar refractivity (Wildman–Crippen MR) is 117 cm³/mol. The van der Waals surface area contributed by atoms with Crippen molar-refractivity contribution in [3.63, 3.8) is 0 Å². The molecule has 0 spiro atoms. The number of anilines is 1. The molecule has 0 saturated heterocycles. The van der Waals surface area contributed by atoms with Crippen LogP contribution in [0.15, 0.2) is 54.6 Å². The first-order chi connectivity index (χ1) is 14.1. The van der Waals surface area contributed by atoms with E-state index in [1.165, 1.54) is 25.7 Å². The predicted octanol–water partition coefficient (Wildman–Crippen LogP) is 5.68. The molecule has 4 rings (SSSR count). The molecule has 29 heavy (non-hydrogen) atoms. The normalized spacial score (nSPS) is 14.3. The number of nitrogens with two attached hydrogens (primary N) is 1. The van der Waals surface area contributed by atoms with E-state index in [0.29, 0.717) is 12.3 Å². The van der Waals surface area contributed by atoms with E-state index in [4.69, 9.17) is 15.6 Å². The molecule has 0 amide bonds. The number of rotatable bonds is 7. The monoisotopic (exact) mass is 389 g/mol. The third-order valence-electron chi connectivity index (χ3n) is 5.80. The third kappa shape index (κ3) is 4.70. The van der Waals surface area contributed by atoms with E-state index >= 15 is 0 Å². The topological polar surface area (TPSA) is 72.6 Å². The van der Waals surface area contributed by atoms with Gasteiger partial charge in [0, 0.05) is 17.7 Å². The number of hydrogen-bond donors (Lipinski definition) is 2. The molecule has 3 N–H and O–H groups in total. The zero-order valence-corrected chi connectivity index (χ0v) is 16.6. The minimum Gasteiger partial charge on any atom is -0.493 e. The number of benzene rings is 3. The van der Waals surface area contributed by atoms with E-state index in [-0.39, 0.29) is 6.42 Å². The molecule has 3 aromatic carbocycles. The standard InChI is InChI=1S/C25H27NO3/c26-22-10-9-19-14-21(8-7-20(19)15-22)23-13-17(6-12-25(27)28)5-11-24(23)29-16-18-3-1-2-4-18/h5,7-11,13-15,18H,1-4,6,12,16,26H2,(H,27,28). The van der Waals surface area contributed by atoms with Crippen molar-refractivity contribution in [1.29, 1.82) is 0 Å². The number of aliphatic carboxylic acids is 1. The average molecular weight is 389 g/mol. The van der Waals surface area contributed by atoms with Gasteiger partial charge in [0.25, 0.3) is 0 Å². The lowest BCUT2D eigenvalue weighted by molar-refractivity contribution is -0.136. The van der Waals surface area contributed by atoms with E-state index in [0.717, 1.165) is 45.5 Å². The molecule has 4 heteroatoms. The number of carbonyl (C=O) groups is 1. The lowest BCUT2D eigenvalue weighted by Gasteiger charge is -2.16. The molecule has 0 aromatic heterocycles. The van der Waals surface area contributed by atoms with Crippen molar-refractivity contribution < 1.29 is 14.6 Å². The summed E-state index contributed by atoms with van der Waals surface area (Å²) in [6, 6.07) is 18.3. The van der Waals surface area contributed by atoms with Gasteiger partial charge in [-0.05, 0) is 77.4 Å². The first-order valence-corrected chi connectivity index (χ1v) is 10.4. The lowest BCUT2D eigenvalue weighted by Crippen LogP contribution is -2.09. The Balaban J connectivity index is 1.67. The molecule has 0 radical (unpaired) electrons. The van der Waals surface area contributed by atoms with Crippen molar-refractivity contribution in [3.05, 3.63) is 60.2 Å². The van der Waals surface area contributed by atoms with Crippen LogP contribution in [0, 0.1) is 5.92 Å². The van der Waals surface area contributed by atoms with Crippen LogP contribution in [-0.4, -0.2) is 17.7 Å². The maximum absolute atomic E-state index is 11.0. The summed E-state index contributed by atoms with van der Waals surface area (Å²) in [7, 11) is 0. The molecule has 0 unspecified atom stereocenters. The van der Waals surface area contributed by atoms with Gasteiger partial charge in [-0.2, -0.15) is 0 Å². The molecule has 1 saturated carbocycles. The van der Waals surface area contributed by atoms with E-state index in [1.807, 2.05) is 30.3 Å². The molecule has 1 aliphatic carbocycles. The van der Waals surface area contributed by atoms with Crippen molar-refractivity contribution in [2.45, 2.75) is 38.5 Å². The first kappa shape index (κ1) is 19.3. The number of aryl methyl sites for hydroxylation is 1. The van der Waals surface area contributed by atoms with Crippen LogP contribution in [-0.2, 0) is 11.2 Å². The fourth-order valence-corrected chi connectivity index (χ4v) is 4.15. The van der Waals surface area contributed by atoms with Crippen molar-refractivity contribution in [3.8, 4) is 16.9 Å². The molecule has 0 atom stereocenters. The summed E-state index contributed by atoms with van der Waals surface area (Å²) < 4.78 is 6.25. The van der Waals surface area contributed by atoms with Gasteiger partial charge in [0.15, 0.2) is 0 Å². The lowest BCUT2D eigenvalue weighted by atomic mass is 9.97. The Morgan fingerprint density at radius 2 is 1.76 bits per heavy atom. The second kappa shape index (κ2) is 8.56. The van der Waals surface area contributed by atoms with Crippen molar-refractivity contribution in [1.82, 2.24) is 0 Å². The fourth-order valence-electron chi connectivity index (χ4n) is 4.15. The Morgan fingerprint density at radius 3 is 2.55 bits per heavy atom. The number of carboxylic acids is 1. The third-order valence-corrected chi connectivity index (χ3v) is 5.80. The SMILES string of the molecule is Nc1ccc2cc(-c3cc(CCC(=O)O)ccc3OCC3CCCC3)ccc2c1. The quantitative estimate of drug-likeness (QED) is 0.510. The number of carboxylic acid groups (broad SMARTS) is 1. The highest BCUT2D eigenvalue weighted by Crippen LogP contribution is 2.35. The minimum absolute atomic E-state index is 0.124. The molecule has 3 aromatic rings. The average Bonchev–Trinajstić information content (AvgIpc) is 3.24. The molecule has 1 aliphatic rings. The summed E-state index contributed by atoms with van der Waals surface area (Å²) in [5.41, 5.74) is 9.75. The van der Waals surface area contributed by atoms with Gasteiger partial charge in [0.05, 0.1) is 6.61 Å². The van der Waals surface area contributed by atoms with Crippen LogP contribution in [0.4, 0.5) is 5.69 Å².